The number of nitrogen functional groups attached to an aromatic ring is 1. The zero-order valence-electron chi connectivity index (χ0n) is 13.9. The van der Waals surface area contributed by atoms with Gasteiger partial charge in [0.2, 0.25) is 0 Å². The van der Waals surface area contributed by atoms with E-state index in [1.807, 2.05) is 0 Å². The molecule has 0 bridgehead atoms. The van der Waals surface area contributed by atoms with Gasteiger partial charge in [-0.25, -0.2) is 15.8 Å². The van der Waals surface area contributed by atoms with Crippen molar-refractivity contribution in [3.05, 3.63) is 10.4 Å². The number of hydrogen-bond acceptors (Lipinski definition) is 7. The second-order valence-electron chi connectivity index (χ2n) is 6.15. The van der Waals surface area contributed by atoms with Crippen molar-refractivity contribution < 1.29 is 4.74 Å². The summed E-state index contributed by atoms with van der Waals surface area (Å²) in [6, 6.07) is 0. The van der Waals surface area contributed by atoms with Gasteiger partial charge in [-0.3, -0.25) is 0 Å². The molecule has 0 fully saturated rings. The lowest BCUT2D eigenvalue weighted by Gasteiger charge is -2.33. The van der Waals surface area contributed by atoms with Gasteiger partial charge in [0, 0.05) is 17.1 Å². The molecule has 2 aromatic rings. The van der Waals surface area contributed by atoms with Crippen LogP contribution >= 0.6 is 23.1 Å². The molecule has 0 aliphatic carbocycles. The average Bonchev–Trinajstić information content (AvgIpc) is 2.92. The minimum absolute atomic E-state index is 0.110. The van der Waals surface area contributed by atoms with Crippen molar-refractivity contribution in [3.8, 4) is 0 Å². The molecule has 3 heterocycles. The van der Waals surface area contributed by atoms with Gasteiger partial charge < -0.3 is 10.2 Å². The van der Waals surface area contributed by atoms with Crippen LogP contribution in [0.5, 0.6) is 0 Å². The molecular weight excluding hydrogens is 328 g/mol. The van der Waals surface area contributed by atoms with Crippen LogP contribution in [0.15, 0.2) is 5.16 Å². The number of hydrogen-bond donors (Lipinski definition) is 2. The molecule has 3 N–H and O–H groups in total. The number of ether oxygens (including phenoxy) is 1. The maximum atomic E-state index is 6.06. The highest BCUT2D eigenvalue weighted by Crippen LogP contribution is 2.42. The van der Waals surface area contributed by atoms with Crippen molar-refractivity contribution in [1.82, 2.24) is 9.97 Å². The summed E-state index contributed by atoms with van der Waals surface area (Å²) in [7, 11) is 0. The zero-order valence-corrected chi connectivity index (χ0v) is 15.6. The Balaban J connectivity index is 2.01. The van der Waals surface area contributed by atoms with Crippen molar-refractivity contribution in [3.63, 3.8) is 0 Å². The van der Waals surface area contributed by atoms with Gasteiger partial charge in [-0.2, -0.15) is 0 Å². The Labute approximate surface area is 145 Å². The average molecular weight is 353 g/mol. The molecule has 2 aromatic heterocycles. The minimum Gasteiger partial charge on any atom is -0.369 e. The van der Waals surface area contributed by atoms with E-state index in [-0.39, 0.29) is 5.60 Å². The summed E-state index contributed by atoms with van der Waals surface area (Å²) in [5, 5.41) is 1.88. The van der Waals surface area contributed by atoms with Gasteiger partial charge in [0.25, 0.3) is 0 Å². The first-order chi connectivity index (χ1) is 11.1. The predicted molar refractivity (Wildman–Crippen MR) is 98.0 cm³/mol. The number of rotatable bonds is 6. The van der Waals surface area contributed by atoms with E-state index in [4.69, 9.17) is 15.6 Å². The standard InChI is InChI=1S/C16H24N4OS2/c1-4-6-7-22-15-18-13(20-17)12-10-8-16(3,5-2)21-9-11(10)23-14(12)19-15/h4-9,17H2,1-3H3,(H,18,19,20)/t16-/m0/s1. The third kappa shape index (κ3) is 3.33. The lowest BCUT2D eigenvalue weighted by atomic mass is 9.90. The van der Waals surface area contributed by atoms with Crippen LogP contribution in [0.4, 0.5) is 5.82 Å². The highest BCUT2D eigenvalue weighted by molar-refractivity contribution is 7.99. The highest BCUT2D eigenvalue weighted by Gasteiger charge is 2.33. The Morgan fingerprint density at radius 1 is 1.39 bits per heavy atom. The number of thioether (sulfide) groups is 1. The normalized spacial score (nSPS) is 20.7. The van der Waals surface area contributed by atoms with Crippen molar-refractivity contribution in [2.24, 2.45) is 5.84 Å². The van der Waals surface area contributed by atoms with E-state index in [1.165, 1.54) is 23.3 Å². The molecule has 5 nitrogen and oxygen atoms in total. The molecule has 23 heavy (non-hydrogen) atoms. The number of fused-ring (bicyclic) bond motifs is 3. The van der Waals surface area contributed by atoms with Crippen LogP contribution in [0, 0.1) is 0 Å². The third-order valence-electron chi connectivity index (χ3n) is 4.43. The smallest absolute Gasteiger partial charge is 0.190 e. The first-order valence-corrected chi connectivity index (χ1v) is 9.96. The second-order valence-corrected chi connectivity index (χ2v) is 8.30. The van der Waals surface area contributed by atoms with Gasteiger partial charge in [0.05, 0.1) is 17.6 Å². The lowest BCUT2D eigenvalue weighted by Crippen LogP contribution is -2.34. The quantitative estimate of drug-likeness (QED) is 0.268. The summed E-state index contributed by atoms with van der Waals surface area (Å²) in [6.07, 6.45) is 4.22. The predicted octanol–water partition coefficient (Wildman–Crippen LogP) is 4.11. The van der Waals surface area contributed by atoms with E-state index in [2.05, 4.69) is 31.2 Å². The SMILES string of the molecule is CCCCSc1nc(NN)c2c3c(sc2n1)CO[C@@](C)(CC)C3. The fourth-order valence-electron chi connectivity index (χ4n) is 2.76. The van der Waals surface area contributed by atoms with Crippen molar-refractivity contribution in [1.29, 1.82) is 0 Å². The Morgan fingerprint density at radius 2 is 2.22 bits per heavy atom. The van der Waals surface area contributed by atoms with E-state index in [1.54, 1.807) is 23.1 Å². The van der Waals surface area contributed by atoms with Gasteiger partial charge in [0.15, 0.2) is 11.0 Å². The molecule has 0 amide bonds. The van der Waals surface area contributed by atoms with Crippen LogP contribution in [0.2, 0.25) is 0 Å². The van der Waals surface area contributed by atoms with Crippen LogP contribution < -0.4 is 11.3 Å². The molecule has 7 heteroatoms. The molecule has 1 atom stereocenters. The molecule has 126 valence electrons. The molecule has 3 rings (SSSR count). The fraction of sp³-hybridized carbons (Fsp3) is 0.625. The van der Waals surface area contributed by atoms with E-state index in [0.29, 0.717) is 6.61 Å². The largest absolute Gasteiger partial charge is 0.369 e. The van der Waals surface area contributed by atoms with Crippen molar-refractivity contribution >= 4 is 39.1 Å². The number of nitrogens with one attached hydrogen (secondary N) is 1. The Hall–Kier alpha value is -0.890. The maximum absolute atomic E-state index is 6.06. The lowest BCUT2D eigenvalue weighted by molar-refractivity contribution is -0.0542. The Kier molecular flexibility index (Phi) is 5.10. The molecule has 0 saturated heterocycles. The molecule has 0 radical (unpaired) electrons. The second kappa shape index (κ2) is 6.93. The van der Waals surface area contributed by atoms with Crippen LogP contribution in [-0.2, 0) is 17.8 Å². The molecule has 1 aliphatic rings. The van der Waals surface area contributed by atoms with Gasteiger partial charge >= 0.3 is 0 Å². The topological polar surface area (TPSA) is 73.1 Å². The van der Waals surface area contributed by atoms with Crippen LogP contribution in [0.3, 0.4) is 0 Å². The monoisotopic (exact) mass is 352 g/mol. The summed E-state index contributed by atoms with van der Waals surface area (Å²) < 4.78 is 6.06. The molecular formula is C16H24N4OS2. The molecule has 0 aromatic carbocycles. The summed E-state index contributed by atoms with van der Waals surface area (Å²) >= 11 is 3.41. The summed E-state index contributed by atoms with van der Waals surface area (Å²) in [5.41, 5.74) is 3.98. The molecule has 0 saturated carbocycles. The van der Waals surface area contributed by atoms with E-state index in [9.17, 15) is 0 Å². The number of unbranched alkanes of at least 4 members (excludes halogenated alkanes) is 1. The van der Waals surface area contributed by atoms with Crippen molar-refractivity contribution in [2.45, 2.75) is 63.8 Å². The summed E-state index contributed by atoms with van der Waals surface area (Å²) in [5.74, 6) is 7.53. The zero-order chi connectivity index (χ0) is 16.4. The van der Waals surface area contributed by atoms with E-state index in [0.717, 1.165) is 39.8 Å². The van der Waals surface area contributed by atoms with E-state index >= 15 is 0 Å². The first kappa shape index (κ1) is 17.0. The number of aromatic nitrogens is 2. The van der Waals surface area contributed by atoms with Gasteiger partial charge in [0.1, 0.15) is 4.83 Å². The fourth-order valence-corrected chi connectivity index (χ4v) is 4.84. The summed E-state index contributed by atoms with van der Waals surface area (Å²) in [4.78, 5) is 11.7. The number of nitrogens with two attached hydrogens (primary N) is 1. The number of hydrazine groups is 1. The Morgan fingerprint density at radius 3 is 2.91 bits per heavy atom. The first-order valence-electron chi connectivity index (χ1n) is 8.16. The molecule has 0 unspecified atom stereocenters. The molecule has 1 aliphatic heterocycles. The van der Waals surface area contributed by atoms with Crippen LogP contribution in [-0.4, -0.2) is 21.3 Å². The van der Waals surface area contributed by atoms with Gasteiger partial charge in [-0.15, -0.1) is 11.3 Å². The Bertz CT molecular complexity index is 703. The van der Waals surface area contributed by atoms with E-state index < -0.39 is 0 Å². The van der Waals surface area contributed by atoms with Gasteiger partial charge in [-0.05, 0) is 25.3 Å². The highest BCUT2D eigenvalue weighted by atomic mass is 32.2. The number of anilines is 1. The maximum Gasteiger partial charge on any atom is 0.190 e. The number of thiophene rings is 1. The van der Waals surface area contributed by atoms with Gasteiger partial charge in [-0.1, -0.05) is 32.0 Å². The third-order valence-corrected chi connectivity index (χ3v) is 6.46. The van der Waals surface area contributed by atoms with Crippen LogP contribution in [0.1, 0.15) is 50.5 Å². The van der Waals surface area contributed by atoms with Crippen molar-refractivity contribution in [2.75, 3.05) is 11.2 Å². The minimum atomic E-state index is -0.110. The molecule has 0 spiro atoms. The summed E-state index contributed by atoms with van der Waals surface area (Å²) in [6.45, 7) is 7.18. The number of nitrogens with zero attached hydrogens (tertiary/aromatic N) is 2. The van der Waals surface area contributed by atoms with Crippen LogP contribution in [0.25, 0.3) is 10.2 Å².